The number of nitrogens with zero attached hydrogens (tertiary/aromatic N) is 4. The Morgan fingerprint density at radius 3 is 2.30 bits per heavy atom. The summed E-state index contributed by atoms with van der Waals surface area (Å²) in [5.74, 6) is 1.58. The standard InChI is InChI=1S/C19H16N4/c1-14-20-17(12-15-8-4-2-5-9-15)13-18-21-19(22-23(14)18)16-10-6-3-7-11-16/h2-11,13H,12H2,1H3. The van der Waals surface area contributed by atoms with Crippen molar-refractivity contribution in [2.24, 2.45) is 0 Å². The monoisotopic (exact) mass is 300 g/mol. The molecule has 0 N–H and O–H groups in total. The minimum atomic E-state index is 0.729. The first kappa shape index (κ1) is 13.6. The van der Waals surface area contributed by atoms with Gasteiger partial charge in [0.15, 0.2) is 11.5 Å². The quantitative estimate of drug-likeness (QED) is 0.579. The Balaban J connectivity index is 1.75. The summed E-state index contributed by atoms with van der Waals surface area (Å²) < 4.78 is 1.80. The van der Waals surface area contributed by atoms with Crippen molar-refractivity contribution in [2.75, 3.05) is 0 Å². The summed E-state index contributed by atoms with van der Waals surface area (Å²) in [7, 11) is 0. The largest absolute Gasteiger partial charge is 0.238 e. The summed E-state index contributed by atoms with van der Waals surface area (Å²) in [6.45, 7) is 1.96. The van der Waals surface area contributed by atoms with E-state index in [4.69, 9.17) is 0 Å². The van der Waals surface area contributed by atoms with Crippen LogP contribution in [0.15, 0.2) is 66.7 Å². The van der Waals surface area contributed by atoms with Crippen LogP contribution in [-0.2, 0) is 6.42 Å². The van der Waals surface area contributed by atoms with Gasteiger partial charge >= 0.3 is 0 Å². The molecule has 2 aromatic heterocycles. The minimum absolute atomic E-state index is 0.729. The average molecular weight is 300 g/mol. The van der Waals surface area contributed by atoms with Gasteiger partial charge < -0.3 is 0 Å². The van der Waals surface area contributed by atoms with Gasteiger partial charge in [-0.15, -0.1) is 5.10 Å². The predicted molar refractivity (Wildman–Crippen MR) is 90.2 cm³/mol. The summed E-state index contributed by atoms with van der Waals surface area (Å²) >= 11 is 0. The van der Waals surface area contributed by atoms with Crippen molar-refractivity contribution in [1.29, 1.82) is 0 Å². The van der Waals surface area contributed by atoms with Crippen molar-refractivity contribution in [2.45, 2.75) is 13.3 Å². The van der Waals surface area contributed by atoms with Gasteiger partial charge in [0.05, 0.1) is 5.69 Å². The molecule has 0 saturated heterocycles. The molecule has 0 radical (unpaired) electrons. The Morgan fingerprint density at radius 2 is 1.57 bits per heavy atom. The third kappa shape index (κ3) is 2.71. The zero-order chi connectivity index (χ0) is 15.6. The highest BCUT2D eigenvalue weighted by molar-refractivity contribution is 5.58. The van der Waals surface area contributed by atoms with Crippen LogP contribution < -0.4 is 0 Å². The van der Waals surface area contributed by atoms with Gasteiger partial charge in [0.25, 0.3) is 0 Å². The number of aryl methyl sites for hydroxylation is 1. The molecule has 112 valence electrons. The smallest absolute Gasteiger partial charge is 0.182 e. The predicted octanol–water partition coefficient (Wildman–Crippen LogP) is 3.69. The number of hydrogen-bond donors (Lipinski definition) is 0. The maximum Gasteiger partial charge on any atom is 0.182 e. The van der Waals surface area contributed by atoms with Crippen LogP contribution >= 0.6 is 0 Å². The van der Waals surface area contributed by atoms with Crippen molar-refractivity contribution in [1.82, 2.24) is 19.6 Å². The van der Waals surface area contributed by atoms with E-state index in [1.165, 1.54) is 5.56 Å². The summed E-state index contributed by atoms with van der Waals surface area (Å²) in [6.07, 6.45) is 0.797. The fourth-order valence-electron chi connectivity index (χ4n) is 2.70. The van der Waals surface area contributed by atoms with Crippen molar-refractivity contribution in [3.05, 3.63) is 83.8 Å². The van der Waals surface area contributed by atoms with Crippen LogP contribution in [0.1, 0.15) is 17.1 Å². The van der Waals surface area contributed by atoms with E-state index in [2.05, 4.69) is 27.2 Å². The Morgan fingerprint density at radius 1 is 0.870 bits per heavy atom. The Kier molecular flexibility index (Phi) is 3.35. The van der Waals surface area contributed by atoms with Crippen LogP contribution in [0, 0.1) is 6.92 Å². The second kappa shape index (κ2) is 5.65. The molecule has 0 saturated carbocycles. The highest BCUT2D eigenvalue weighted by Gasteiger charge is 2.10. The number of benzene rings is 2. The molecule has 0 bridgehead atoms. The molecule has 4 heteroatoms. The van der Waals surface area contributed by atoms with Gasteiger partial charge in [-0.3, -0.25) is 0 Å². The van der Waals surface area contributed by atoms with Crippen LogP contribution in [0.2, 0.25) is 0 Å². The van der Waals surface area contributed by atoms with Crippen LogP contribution in [0.25, 0.3) is 17.0 Å². The minimum Gasteiger partial charge on any atom is -0.238 e. The summed E-state index contributed by atoms with van der Waals surface area (Å²) in [4.78, 5) is 9.32. The molecule has 0 aliphatic carbocycles. The van der Waals surface area contributed by atoms with Gasteiger partial charge in [-0.2, -0.15) is 4.52 Å². The van der Waals surface area contributed by atoms with E-state index in [0.29, 0.717) is 0 Å². The molecule has 0 spiro atoms. The van der Waals surface area contributed by atoms with Crippen LogP contribution in [0.5, 0.6) is 0 Å². The second-order valence-corrected chi connectivity index (χ2v) is 5.53. The first-order chi connectivity index (χ1) is 11.3. The van der Waals surface area contributed by atoms with Crippen molar-refractivity contribution >= 4 is 5.65 Å². The topological polar surface area (TPSA) is 43.1 Å². The molecule has 0 fully saturated rings. The van der Waals surface area contributed by atoms with Gasteiger partial charge in [0.1, 0.15) is 5.82 Å². The Bertz CT molecular complexity index is 943. The van der Waals surface area contributed by atoms with E-state index >= 15 is 0 Å². The van der Waals surface area contributed by atoms with E-state index < -0.39 is 0 Å². The lowest BCUT2D eigenvalue weighted by Crippen LogP contribution is -2.02. The van der Waals surface area contributed by atoms with Gasteiger partial charge in [0, 0.05) is 18.1 Å². The maximum absolute atomic E-state index is 4.66. The number of hydrogen-bond acceptors (Lipinski definition) is 3. The van der Waals surface area contributed by atoms with Crippen molar-refractivity contribution in [3.8, 4) is 11.4 Å². The first-order valence-corrected chi connectivity index (χ1v) is 7.62. The van der Waals surface area contributed by atoms with E-state index in [9.17, 15) is 0 Å². The van der Waals surface area contributed by atoms with Gasteiger partial charge in [-0.05, 0) is 12.5 Å². The molecular formula is C19H16N4. The zero-order valence-electron chi connectivity index (χ0n) is 12.8. The molecule has 0 aliphatic heterocycles. The molecule has 23 heavy (non-hydrogen) atoms. The number of fused-ring (bicyclic) bond motifs is 1. The van der Waals surface area contributed by atoms with Crippen LogP contribution in [-0.4, -0.2) is 19.6 Å². The average Bonchev–Trinajstić information content (AvgIpc) is 3.01. The Labute approximate surface area is 134 Å². The van der Waals surface area contributed by atoms with E-state index in [1.807, 2.05) is 61.5 Å². The fraction of sp³-hybridized carbons (Fsp3) is 0.105. The summed E-state index contributed by atoms with van der Waals surface area (Å²) in [5, 5.41) is 4.57. The lowest BCUT2D eigenvalue weighted by atomic mass is 10.1. The molecule has 0 aliphatic rings. The normalized spacial score (nSPS) is 11.0. The molecule has 0 amide bonds. The summed E-state index contributed by atoms with van der Waals surface area (Å²) in [6, 6.07) is 22.4. The molecule has 2 heterocycles. The molecule has 0 unspecified atom stereocenters. The van der Waals surface area contributed by atoms with Gasteiger partial charge in [0.2, 0.25) is 0 Å². The molecule has 2 aromatic carbocycles. The Hall–Kier alpha value is -3.01. The zero-order valence-corrected chi connectivity index (χ0v) is 12.8. The molecule has 4 rings (SSSR count). The highest BCUT2D eigenvalue weighted by Crippen LogP contribution is 2.17. The lowest BCUT2D eigenvalue weighted by molar-refractivity contribution is 0.844. The summed E-state index contributed by atoms with van der Waals surface area (Å²) in [5.41, 5.74) is 4.10. The molecule has 4 aromatic rings. The van der Waals surface area contributed by atoms with Crippen LogP contribution in [0.4, 0.5) is 0 Å². The highest BCUT2D eigenvalue weighted by atomic mass is 15.3. The third-order valence-electron chi connectivity index (χ3n) is 3.80. The van der Waals surface area contributed by atoms with Crippen LogP contribution in [0.3, 0.4) is 0 Å². The van der Waals surface area contributed by atoms with E-state index in [1.54, 1.807) is 4.52 Å². The number of aromatic nitrogens is 4. The van der Waals surface area contributed by atoms with Crippen molar-refractivity contribution in [3.63, 3.8) is 0 Å². The van der Waals surface area contributed by atoms with Crippen molar-refractivity contribution < 1.29 is 0 Å². The second-order valence-electron chi connectivity index (χ2n) is 5.53. The van der Waals surface area contributed by atoms with E-state index in [0.717, 1.165) is 35.0 Å². The molecular weight excluding hydrogens is 284 g/mol. The SMILES string of the molecule is Cc1nc(Cc2ccccc2)cc2nc(-c3ccccc3)nn12. The maximum atomic E-state index is 4.66. The fourth-order valence-corrected chi connectivity index (χ4v) is 2.70. The third-order valence-corrected chi connectivity index (χ3v) is 3.80. The number of rotatable bonds is 3. The van der Waals surface area contributed by atoms with E-state index in [-0.39, 0.29) is 0 Å². The van der Waals surface area contributed by atoms with Gasteiger partial charge in [-0.25, -0.2) is 9.97 Å². The van der Waals surface area contributed by atoms with Gasteiger partial charge in [-0.1, -0.05) is 60.7 Å². The first-order valence-electron chi connectivity index (χ1n) is 7.62. The lowest BCUT2D eigenvalue weighted by Gasteiger charge is -2.03. The molecule has 0 atom stereocenters. The molecule has 4 nitrogen and oxygen atoms in total.